The van der Waals surface area contributed by atoms with E-state index in [0.29, 0.717) is 23.5 Å². The largest absolute Gasteiger partial charge is 0.355 e. The van der Waals surface area contributed by atoms with Crippen molar-refractivity contribution in [3.63, 3.8) is 0 Å². The van der Waals surface area contributed by atoms with E-state index in [4.69, 9.17) is 0 Å². The van der Waals surface area contributed by atoms with Gasteiger partial charge in [-0.15, -0.1) is 23.1 Å². The summed E-state index contributed by atoms with van der Waals surface area (Å²) >= 11 is 2.89. The third-order valence-corrected chi connectivity index (χ3v) is 7.07. The highest BCUT2D eigenvalue weighted by Crippen LogP contribution is 2.26. The van der Waals surface area contributed by atoms with Crippen LogP contribution in [0.3, 0.4) is 0 Å². The van der Waals surface area contributed by atoms with Crippen molar-refractivity contribution in [1.29, 1.82) is 0 Å². The van der Waals surface area contributed by atoms with Crippen LogP contribution in [0.15, 0.2) is 29.3 Å². The molecule has 3 rings (SSSR count). The number of nitrogens with one attached hydrogen (secondary N) is 3. The molecule has 3 N–H and O–H groups in total. The second-order valence-electron chi connectivity index (χ2n) is 7.10. The molecule has 1 atom stereocenters. The number of carbonyl (C=O) groups is 2. The van der Waals surface area contributed by atoms with Crippen molar-refractivity contribution >= 4 is 45.1 Å². The molecule has 164 valence electrons. The van der Waals surface area contributed by atoms with Gasteiger partial charge in [0.15, 0.2) is 0 Å². The van der Waals surface area contributed by atoms with Crippen LogP contribution < -0.4 is 16.2 Å². The number of carbonyl (C=O) groups excluding carboxylic acids is 2. The van der Waals surface area contributed by atoms with E-state index in [1.54, 1.807) is 19.3 Å². The highest BCUT2D eigenvalue weighted by molar-refractivity contribution is 7.99. The zero-order valence-electron chi connectivity index (χ0n) is 17.7. The van der Waals surface area contributed by atoms with Crippen molar-refractivity contribution in [2.45, 2.75) is 44.7 Å². The van der Waals surface area contributed by atoms with Gasteiger partial charge in [0.1, 0.15) is 10.7 Å². The minimum Gasteiger partial charge on any atom is -0.355 e. The molecule has 0 aliphatic rings. The first-order valence-electron chi connectivity index (χ1n) is 9.89. The van der Waals surface area contributed by atoms with Gasteiger partial charge in [-0.05, 0) is 44.0 Å². The summed E-state index contributed by atoms with van der Waals surface area (Å²) in [7, 11) is 0. The standard InChI is InChI=1S/C21H25N5O3S2/c1-12-13(2)31-21-18(12)20(29)25-16(26-21)11-30-14(3)19(28)23-9-6-17(27)24-10-15-4-7-22-8-5-15/h4-5,7-8,14H,6,9-11H2,1-3H3,(H,23,28)(H,24,27)(H,25,26,29). The molecule has 3 aromatic heterocycles. The normalized spacial score (nSPS) is 12.0. The summed E-state index contributed by atoms with van der Waals surface area (Å²) in [6.07, 6.45) is 3.55. The van der Waals surface area contributed by atoms with Crippen molar-refractivity contribution < 1.29 is 9.59 Å². The number of nitrogens with zero attached hydrogens (tertiary/aromatic N) is 2. The van der Waals surface area contributed by atoms with Gasteiger partial charge >= 0.3 is 0 Å². The van der Waals surface area contributed by atoms with Gasteiger partial charge in [0, 0.05) is 36.8 Å². The van der Waals surface area contributed by atoms with Crippen LogP contribution in [0.4, 0.5) is 0 Å². The van der Waals surface area contributed by atoms with Crippen LogP contribution in [-0.4, -0.2) is 38.6 Å². The molecular formula is C21H25N5O3S2. The summed E-state index contributed by atoms with van der Waals surface area (Å²) in [6, 6.07) is 3.67. The van der Waals surface area contributed by atoms with Crippen LogP contribution >= 0.6 is 23.1 Å². The van der Waals surface area contributed by atoms with Gasteiger partial charge in [0.2, 0.25) is 11.8 Å². The molecular weight excluding hydrogens is 434 g/mol. The van der Waals surface area contributed by atoms with E-state index in [1.165, 1.54) is 23.1 Å². The maximum atomic E-state index is 12.3. The van der Waals surface area contributed by atoms with E-state index in [-0.39, 0.29) is 35.6 Å². The van der Waals surface area contributed by atoms with Crippen LogP contribution in [0.25, 0.3) is 10.2 Å². The predicted octanol–water partition coefficient (Wildman–Crippen LogP) is 2.44. The van der Waals surface area contributed by atoms with E-state index in [0.717, 1.165) is 20.8 Å². The summed E-state index contributed by atoms with van der Waals surface area (Å²) < 4.78 is 0. The Labute approximate surface area is 188 Å². The number of aromatic nitrogens is 3. The van der Waals surface area contributed by atoms with Crippen LogP contribution in [0.1, 0.15) is 35.2 Å². The second-order valence-corrected chi connectivity index (χ2v) is 9.63. The maximum Gasteiger partial charge on any atom is 0.259 e. The van der Waals surface area contributed by atoms with Gasteiger partial charge in [0.05, 0.1) is 16.4 Å². The third kappa shape index (κ3) is 6.14. The van der Waals surface area contributed by atoms with Crippen LogP contribution in [0.2, 0.25) is 0 Å². The summed E-state index contributed by atoms with van der Waals surface area (Å²) in [5, 5.41) is 5.89. The Hall–Kier alpha value is -2.72. The minimum absolute atomic E-state index is 0.131. The van der Waals surface area contributed by atoms with Gasteiger partial charge in [-0.2, -0.15) is 0 Å². The molecule has 0 aliphatic carbocycles. The molecule has 1 unspecified atom stereocenters. The number of amides is 2. The van der Waals surface area contributed by atoms with Gasteiger partial charge in [0.25, 0.3) is 5.56 Å². The lowest BCUT2D eigenvalue weighted by Crippen LogP contribution is -2.34. The number of rotatable bonds is 9. The van der Waals surface area contributed by atoms with E-state index in [2.05, 4.69) is 25.6 Å². The topological polar surface area (TPSA) is 117 Å². The number of aryl methyl sites for hydroxylation is 2. The SMILES string of the molecule is Cc1sc2nc(CSC(C)C(=O)NCCC(=O)NCc3ccncc3)[nH]c(=O)c2c1C. The van der Waals surface area contributed by atoms with Crippen molar-refractivity contribution in [1.82, 2.24) is 25.6 Å². The van der Waals surface area contributed by atoms with Crippen molar-refractivity contribution in [3.05, 3.63) is 56.7 Å². The van der Waals surface area contributed by atoms with E-state index >= 15 is 0 Å². The maximum absolute atomic E-state index is 12.3. The highest BCUT2D eigenvalue weighted by atomic mass is 32.2. The first-order valence-corrected chi connectivity index (χ1v) is 11.8. The molecule has 0 radical (unpaired) electrons. The predicted molar refractivity (Wildman–Crippen MR) is 124 cm³/mol. The molecule has 8 nitrogen and oxygen atoms in total. The molecule has 0 aromatic carbocycles. The lowest BCUT2D eigenvalue weighted by molar-refractivity contribution is -0.122. The molecule has 0 fully saturated rings. The summed E-state index contributed by atoms with van der Waals surface area (Å²) in [5.41, 5.74) is 1.79. The van der Waals surface area contributed by atoms with Gasteiger partial charge in [-0.1, -0.05) is 0 Å². The van der Waals surface area contributed by atoms with Crippen molar-refractivity contribution in [3.8, 4) is 0 Å². The molecule has 31 heavy (non-hydrogen) atoms. The molecule has 0 saturated heterocycles. The first kappa shape index (κ1) is 23.0. The lowest BCUT2D eigenvalue weighted by Gasteiger charge is -2.12. The fourth-order valence-corrected chi connectivity index (χ4v) is 4.71. The average molecular weight is 460 g/mol. The Balaban J connectivity index is 1.42. The molecule has 0 saturated carbocycles. The minimum atomic E-state index is -0.340. The quantitative estimate of drug-likeness (QED) is 0.453. The summed E-state index contributed by atoms with van der Waals surface area (Å²) in [5.74, 6) is 0.688. The summed E-state index contributed by atoms with van der Waals surface area (Å²) in [6.45, 7) is 6.38. The van der Waals surface area contributed by atoms with Crippen molar-refractivity contribution in [2.24, 2.45) is 0 Å². The molecule has 0 aliphatic heterocycles. The van der Waals surface area contributed by atoms with Crippen LogP contribution in [0.5, 0.6) is 0 Å². The number of fused-ring (bicyclic) bond motifs is 1. The van der Waals surface area contributed by atoms with Gasteiger partial charge in [-0.25, -0.2) is 4.98 Å². The van der Waals surface area contributed by atoms with Crippen LogP contribution in [0, 0.1) is 13.8 Å². The van der Waals surface area contributed by atoms with Crippen molar-refractivity contribution in [2.75, 3.05) is 6.54 Å². The number of hydrogen-bond acceptors (Lipinski definition) is 7. The van der Waals surface area contributed by atoms with E-state index < -0.39 is 0 Å². The Morgan fingerprint density at radius 2 is 1.97 bits per heavy atom. The number of thioether (sulfide) groups is 1. The highest BCUT2D eigenvalue weighted by Gasteiger charge is 2.16. The Bertz CT molecular complexity index is 1130. The third-order valence-electron chi connectivity index (χ3n) is 4.82. The molecule has 3 aromatic rings. The summed E-state index contributed by atoms with van der Waals surface area (Å²) in [4.78, 5) is 49.6. The number of hydrogen-bond donors (Lipinski definition) is 3. The molecule has 3 heterocycles. The second kappa shape index (κ2) is 10.5. The van der Waals surface area contributed by atoms with E-state index in [1.807, 2.05) is 26.0 Å². The first-order chi connectivity index (χ1) is 14.8. The number of aromatic amines is 1. The molecule has 10 heteroatoms. The Morgan fingerprint density at radius 1 is 1.23 bits per heavy atom. The van der Waals surface area contributed by atoms with Gasteiger partial charge < -0.3 is 15.6 Å². The van der Waals surface area contributed by atoms with E-state index in [9.17, 15) is 14.4 Å². The molecule has 2 amide bonds. The lowest BCUT2D eigenvalue weighted by atomic mass is 10.2. The molecule has 0 spiro atoms. The fourth-order valence-electron chi connectivity index (χ4n) is 2.88. The number of thiophene rings is 1. The Morgan fingerprint density at radius 3 is 2.71 bits per heavy atom. The van der Waals surface area contributed by atoms with Gasteiger partial charge in [-0.3, -0.25) is 19.4 Å². The monoisotopic (exact) mass is 459 g/mol. The number of pyridine rings is 1. The zero-order chi connectivity index (χ0) is 22.4. The smallest absolute Gasteiger partial charge is 0.259 e. The Kier molecular flexibility index (Phi) is 7.80. The average Bonchev–Trinajstić information content (AvgIpc) is 3.05. The molecule has 0 bridgehead atoms. The fraction of sp³-hybridized carbons (Fsp3) is 0.381. The van der Waals surface area contributed by atoms with Crippen LogP contribution in [-0.2, 0) is 21.9 Å². The zero-order valence-corrected chi connectivity index (χ0v) is 19.3. The number of H-pyrrole nitrogens is 1.